The van der Waals surface area contributed by atoms with Crippen LogP contribution in [0.2, 0.25) is 0 Å². The minimum absolute atomic E-state index is 0.215. The van der Waals surface area contributed by atoms with Crippen LogP contribution in [0, 0.1) is 6.92 Å². The standard InChI is InChI=1S/C22H27N3O2/c1-6-10-17-11-8-9-12-19(17)24-22(26)18-13-16(3)20(14-21(18)27-5)23-15-25(4)7-2/h6,8-15H,7H2,1-5H3,(H,24,26)/b10-6-,23-15?. The Morgan fingerprint density at radius 2 is 2.04 bits per heavy atom. The van der Waals surface area contributed by atoms with Crippen LogP contribution in [0.3, 0.4) is 0 Å². The number of ether oxygens (including phenoxy) is 1. The van der Waals surface area contributed by atoms with Crippen molar-refractivity contribution >= 4 is 29.7 Å². The average Bonchev–Trinajstić information content (AvgIpc) is 2.68. The number of amides is 1. The number of anilines is 1. The predicted octanol–water partition coefficient (Wildman–Crippen LogP) is 4.90. The van der Waals surface area contributed by atoms with Crippen LogP contribution in [0.25, 0.3) is 6.08 Å². The van der Waals surface area contributed by atoms with Gasteiger partial charge < -0.3 is 15.0 Å². The summed E-state index contributed by atoms with van der Waals surface area (Å²) >= 11 is 0. The number of methoxy groups -OCH3 is 1. The van der Waals surface area contributed by atoms with Gasteiger partial charge in [-0.05, 0) is 44.0 Å². The number of allylic oxidation sites excluding steroid dienone is 1. The average molecular weight is 365 g/mol. The van der Waals surface area contributed by atoms with Crippen molar-refractivity contribution < 1.29 is 9.53 Å². The highest BCUT2D eigenvalue weighted by Gasteiger charge is 2.16. The van der Waals surface area contributed by atoms with Gasteiger partial charge in [0, 0.05) is 25.3 Å². The SMILES string of the molecule is C/C=C\c1ccccc1NC(=O)c1cc(C)c(N=CN(C)CC)cc1OC. The summed E-state index contributed by atoms with van der Waals surface area (Å²) in [6.45, 7) is 6.80. The lowest BCUT2D eigenvalue weighted by atomic mass is 10.1. The quantitative estimate of drug-likeness (QED) is 0.561. The van der Waals surface area contributed by atoms with Gasteiger partial charge in [-0.25, -0.2) is 4.99 Å². The van der Waals surface area contributed by atoms with E-state index in [1.807, 2.05) is 68.3 Å². The maximum absolute atomic E-state index is 12.9. The van der Waals surface area contributed by atoms with Crippen molar-refractivity contribution in [2.24, 2.45) is 4.99 Å². The third-order valence-electron chi connectivity index (χ3n) is 4.21. The first-order chi connectivity index (χ1) is 13.0. The molecule has 1 N–H and O–H groups in total. The Kier molecular flexibility index (Phi) is 7.17. The van der Waals surface area contributed by atoms with Gasteiger partial charge in [-0.2, -0.15) is 0 Å². The highest BCUT2D eigenvalue weighted by atomic mass is 16.5. The van der Waals surface area contributed by atoms with Gasteiger partial charge in [0.2, 0.25) is 0 Å². The molecule has 1 amide bonds. The molecular weight excluding hydrogens is 338 g/mol. The van der Waals surface area contributed by atoms with Crippen molar-refractivity contribution in [3.63, 3.8) is 0 Å². The third-order valence-corrected chi connectivity index (χ3v) is 4.21. The number of aryl methyl sites for hydroxylation is 1. The smallest absolute Gasteiger partial charge is 0.259 e. The number of hydrogen-bond acceptors (Lipinski definition) is 3. The second-order valence-corrected chi connectivity index (χ2v) is 6.20. The van der Waals surface area contributed by atoms with E-state index in [4.69, 9.17) is 4.74 Å². The molecule has 0 saturated carbocycles. The van der Waals surface area contributed by atoms with Gasteiger partial charge in [-0.3, -0.25) is 4.79 Å². The van der Waals surface area contributed by atoms with E-state index in [9.17, 15) is 4.79 Å². The summed E-state index contributed by atoms with van der Waals surface area (Å²) in [4.78, 5) is 19.3. The summed E-state index contributed by atoms with van der Waals surface area (Å²) in [5, 5.41) is 2.98. The number of benzene rings is 2. The van der Waals surface area contributed by atoms with Gasteiger partial charge in [-0.15, -0.1) is 0 Å². The summed E-state index contributed by atoms with van der Waals surface area (Å²) in [6, 6.07) is 11.3. The molecule has 2 aromatic carbocycles. The topological polar surface area (TPSA) is 53.9 Å². The minimum Gasteiger partial charge on any atom is -0.496 e. The zero-order valence-corrected chi connectivity index (χ0v) is 16.6. The van der Waals surface area contributed by atoms with Crippen LogP contribution in [0.15, 0.2) is 47.5 Å². The highest BCUT2D eigenvalue weighted by molar-refractivity contribution is 6.07. The lowest BCUT2D eigenvalue weighted by Crippen LogP contribution is -2.15. The van der Waals surface area contributed by atoms with E-state index in [1.165, 1.54) is 0 Å². The maximum Gasteiger partial charge on any atom is 0.259 e. The molecular formula is C22H27N3O2. The van der Waals surface area contributed by atoms with Crippen LogP contribution in [-0.2, 0) is 0 Å². The molecule has 2 aromatic rings. The Morgan fingerprint density at radius 1 is 1.30 bits per heavy atom. The summed E-state index contributed by atoms with van der Waals surface area (Å²) < 4.78 is 5.45. The molecule has 0 unspecified atom stereocenters. The van der Waals surface area contributed by atoms with Gasteiger partial charge in [0.25, 0.3) is 5.91 Å². The Balaban J connectivity index is 2.34. The van der Waals surface area contributed by atoms with Crippen molar-refractivity contribution in [2.45, 2.75) is 20.8 Å². The summed E-state index contributed by atoms with van der Waals surface area (Å²) in [5.41, 5.74) is 3.87. The van der Waals surface area contributed by atoms with Crippen molar-refractivity contribution in [1.29, 1.82) is 0 Å². The molecule has 0 heterocycles. The molecule has 0 bridgehead atoms. The molecule has 0 radical (unpaired) electrons. The molecule has 0 aromatic heterocycles. The van der Waals surface area contributed by atoms with Crippen molar-refractivity contribution in [3.05, 3.63) is 59.2 Å². The summed E-state index contributed by atoms with van der Waals surface area (Å²) in [5.74, 6) is 0.279. The summed E-state index contributed by atoms with van der Waals surface area (Å²) in [6.07, 6.45) is 5.67. The molecule has 0 fully saturated rings. The van der Waals surface area contributed by atoms with Gasteiger partial charge in [0.1, 0.15) is 5.75 Å². The number of carbonyl (C=O) groups excluding carboxylic acids is 1. The van der Waals surface area contributed by atoms with Crippen molar-refractivity contribution in [2.75, 3.05) is 26.0 Å². The Labute approximate surface area is 161 Å². The third kappa shape index (κ3) is 5.20. The van der Waals surface area contributed by atoms with Crippen LogP contribution < -0.4 is 10.1 Å². The van der Waals surface area contributed by atoms with Crippen LogP contribution in [-0.4, -0.2) is 37.8 Å². The van der Waals surface area contributed by atoms with Gasteiger partial charge >= 0.3 is 0 Å². The zero-order valence-electron chi connectivity index (χ0n) is 16.6. The first kappa shape index (κ1) is 20.2. The van der Waals surface area contributed by atoms with E-state index in [0.29, 0.717) is 11.3 Å². The fourth-order valence-corrected chi connectivity index (χ4v) is 2.53. The van der Waals surface area contributed by atoms with E-state index < -0.39 is 0 Å². The van der Waals surface area contributed by atoms with E-state index in [0.717, 1.165) is 29.0 Å². The molecule has 2 rings (SSSR count). The molecule has 0 atom stereocenters. The molecule has 5 heteroatoms. The molecule has 0 aliphatic carbocycles. The first-order valence-electron chi connectivity index (χ1n) is 8.96. The van der Waals surface area contributed by atoms with Gasteiger partial charge in [-0.1, -0.05) is 30.4 Å². The van der Waals surface area contributed by atoms with E-state index in [1.54, 1.807) is 19.5 Å². The molecule has 0 aliphatic rings. The molecule has 0 aliphatic heterocycles. The lowest BCUT2D eigenvalue weighted by Gasteiger charge is -2.14. The highest BCUT2D eigenvalue weighted by Crippen LogP contribution is 2.30. The van der Waals surface area contributed by atoms with Gasteiger partial charge in [0.15, 0.2) is 0 Å². The number of aliphatic imine (C=N–C) groups is 1. The number of rotatable bonds is 7. The van der Waals surface area contributed by atoms with E-state index in [2.05, 4.69) is 17.2 Å². The Hall–Kier alpha value is -3.08. The second-order valence-electron chi connectivity index (χ2n) is 6.20. The molecule has 27 heavy (non-hydrogen) atoms. The minimum atomic E-state index is -0.215. The van der Waals surface area contributed by atoms with E-state index >= 15 is 0 Å². The Bertz CT molecular complexity index is 857. The van der Waals surface area contributed by atoms with Crippen molar-refractivity contribution in [1.82, 2.24) is 4.90 Å². The molecule has 5 nitrogen and oxygen atoms in total. The van der Waals surface area contributed by atoms with E-state index in [-0.39, 0.29) is 5.91 Å². The van der Waals surface area contributed by atoms with Crippen molar-refractivity contribution in [3.8, 4) is 5.75 Å². The number of hydrogen-bond donors (Lipinski definition) is 1. The number of nitrogens with one attached hydrogen (secondary N) is 1. The molecule has 0 saturated heterocycles. The van der Waals surface area contributed by atoms with Crippen LogP contribution in [0.4, 0.5) is 11.4 Å². The van der Waals surface area contributed by atoms with Crippen LogP contribution >= 0.6 is 0 Å². The number of nitrogens with zero attached hydrogens (tertiary/aromatic N) is 2. The van der Waals surface area contributed by atoms with Gasteiger partial charge in [0.05, 0.1) is 24.7 Å². The zero-order chi connectivity index (χ0) is 19.8. The molecule has 142 valence electrons. The first-order valence-corrected chi connectivity index (χ1v) is 8.96. The van der Waals surface area contributed by atoms with Crippen LogP contribution in [0.5, 0.6) is 5.75 Å². The summed E-state index contributed by atoms with van der Waals surface area (Å²) in [7, 11) is 3.51. The van der Waals surface area contributed by atoms with Crippen LogP contribution in [0.1, 0.15) is 35.3 Å². The Morgan fingerprint density at radius 3 is 2.70 bits per heavy atom. The fraction of sp³-hybridized carbons (Fsp3) is 0.273. The largest absolute Gasteiger partial charge is 0.496 e. The normalized spacial score (nSPS) is 11.1. The lowest BCUT2D eigenvalue weighted by molar-refractivity contribution is 0.102. The predicted molar refractivity (Wildman–Crippen MR) is 113 cm³/mol. The number of carbonyl (C=O) groups is 1. The maximum atomic E-state index is 12.9. The fourth-order valence-electron chi connectivity index (χ4n) is 2.53. The second kappa shape index (κ2) is 9.57. The molecule has 0 spiro atoms. The monoisotopic (exact) mass is 365 g/mol. The number of para-hydroxylation sites is 1.